The molecule has 0 radical (unpaired) electrons. The normalized spacial score (nSPS) is 21.7. The average Bonchev–Trinajstić information content (AvgIpc) is 2.48. The van der Waals surface area contributed by atoms with Crippen molar-refractivity contribution in [2.24, 2.45) is 5.92 Å². The van der Waals surface area contributed by atoms with Gasteiger partial charge < -0.3 is 20.6 Å². The van der Waals surface area contributed by atoms with Crippen LogP contribution in [0.1, 0.15) is 25.7 Å². The molecule has 3 N–H and O–H groups in total. The Kier molecular flexibility index (Phi) is 5.38. The van der Waals surface area contributed by atoms with Gasteiger partial charge in [-0.1, -0.05) is 0 Å². The molecule has 1 aliphatic rings. The zero-order valence-corrected chi connectivity index (χ0v) is 12.7. The van der Waals surface area contributed by atoms with Crippen LogP contribution in [-0.2, 0) is 0 Å². The SMILES string of the molecule is CN(C)c1ccc(NC(=O)NC2CCC(CO)CC2)cn1. The lowest BCUT2D eigenvalue weighted by Crippen LogP contribution is -2.40. The third-order valence-electron chi connectivity index (χ3n) is 3.90. The highest BCUT2D eigenvalue weighted by Gasteiger charge is 2.21. The summed E-state index contributed by atoms with van der Waals surface area (Å²) < 4.78 is 0. The Balaban J connectivity index is 1.79. The van der Waals surface area contributed by atoms with Crippen LogP contribution in [0.5, 0.6) is 0 Å². The molecule has 1 aromatic rings. The van der Waals surface area contributed by atoms with Gasteiger partial charge in [0.2, 0.25) is 0 Å². The van der Waals surface area contributed by atoms with Gasteiger partial charge in [0, 0.05) is 26.7 Å². The summed E-state index contributed by atoms with van der Waals surface area (Å²) in [5.41, 5.74) is 0.683. The van der Waals surface area contributed by atoms with Crippen molar-refractivity contribution in [2.75, 3.05) is 30.9 Å². The van der Waals surface area contributed by atoms with E-state index in [0.717, 1.165) is 31.5 Å². The number of hydrogen-bond acceptors (Lipinski definition) is 4. The first-order valence-electron chi connectivity index (χ1n) is 7.40. The number of aliphatic hydroxyl groups is 1. The first-order valence-corrected chi connectivity index (χ1v) is 7.40. The molecule has 0 aliphatic heterocycles. The molecule has 6 heteroatoms. The largest absolute Gasteiger partial charge is 0.396 e. The molecule has 21 heavy (non-hydrogen) atoms. The molecule has 0 aromatic carbocycles. The maximum absolute atomic E-state index is 11.9. The number of amides is 2. The Morgan fingerprint density at radius 2 is 2.05 bits per heavy atom. The minimum absolute atomic E-state index is 0.193. The van der Waals surface area contributed by atoms with Crippen molar-refractivity contribution < 1.29 is 9.90 Å². The van der Waals surface area contributed by atoms with Crippen molar-refractivity contribution in [3.8, 4) is 0 Å². The van der Waals surface area contributed by atoms with Gasteiger partial charge in [-0.15, -0.1) is 0 Å². The number of aromatic nitrogens is 1. The first kappa shape index (κ1) is 15.6. The van der Waals surface area contributed by atoms with Gasteiger partial charge in [0.25, 0.3) is 0 Å². The molecule has 2 amide bonds. The maximum Gasteiger partial charge on any atom is 0.319 e. The summed E-state index contributed by atoms with van der Waals surface area (Å²) >= 11 is 0. The highest BCUT2D eigenvalue weighted by molar-refractivity contribution is 5.89. The number of nitrogens with zero attached hydrogens (tertiary/aromatic N) is 2. The number of urea groups is 1. The molecule has 0 atom stereocenters. The third-order valence-corrected chi connectivity index (χ3v) is 3.90. The zero-order chi connectivity index (χ0) is 15.2. The lowest BCUT2D eigenvalue weighted by molar-refractivity contribution is 0.176. The molecule has 0 spiro atoms. The Morgan fingerprint density at radius 1 is 1.33 bits per heavy atom. The number of nitrogens with one attached hydrogen (secondary N) is 2. The summed E-state index contributed by atoms with van der Waals surface area (Å²) in [6, 6.07) is 3.70. The first-order chi connectivity index (χ1) is 10.1. The van der Waals surface area contributed by atoms with E-state index in [4.69, 9.17) is 5.11 Å². The standard InChI is InChI=1S/C15H24N4O2/c1-19(2)14-8-7-13(9-16-14)18-15(21)17-12-5-3-11(10-20)4-6-12/h7-9,11-12,20H,3-6,10H2,1-2H3,(H2,17,18,21). The van der Waals surface area contributed by atoms with Crippen LogP contribution < -0.4 is 15.5 Å². The third kappa shape index (κ3) is 4.60. The minimum Gasteiger partial charge on any atom is -0.396 e. The van der Waals surface area contributed by atoms with Crippen LogP contribution in [0.2, 0.25) is 0 Å². The fourth-order valence-corrected chi connectivity index (χ4v) is 2.57. The molecule has 1 aliphatic carbocycles. The van der Waals surface area contributed by atoms with Crippen LogP contribution in [-0.4, -0.2) is 42.9 Å². The lowest BCUT2D eigenvalue weighted by atomic mass is 9.87. The van der Waals surface area contributed by atoms with Crippen LogP contribution in [0, 0.1) is 5.92 Å². The van der Waals surface area contributed by atoms with Gasteiger partial charge in [-0.25, -0.2) is 9.78 Å². The highest BCUT2D eigenvalue weighted by atomic mass is 16.3. The molecule has 0 bridgehead atoms. The molecule has 1 aromatic heterocycles. The van der Waals surface area contributed by atoms with E-state index in [2.05, 4.69) is 15.6 Å². The number of aliphatic hydroxyl groups excluding tert-OH is 1. The second kappa shape index (κ2) is 7.26. The molecular formula is C15H24N4O2. The zero-order valence-electron chi connectivity index (χ0n) is 12.7. The summed E-state index contributed by atoms with van der Waals surface area (Å²) in [6.07, 6.45) is 5.45. The second-order valence-corrected chi connectivity index (χ2v) is 5.80. The molecule has 1 saturated carbocycles. The Morgan fingerprint density at radius 3 is 2.57 bits per heavy atom. The van der Waals surface area contributed by atoms with Gasteiger partial charge in [0.1, 0.15) is 5.82 Å². The van der Waals surface area contributed by atoms with Gasteiger partial charge in [-0.3, -0.25) is 0 Å². The van der Waals surface area contributed by atoms with Crippen LogP contribution in [0.25, 0.3) is 0 Å². The monoisotopic (exact) mass is 292 g/mol. The van der Waals surface area contributed by atoms with Gasteiger partial charge in [0.15, 0.2) is 0 Å². The number of carbonyl (C=O) groups is 1. The summed E-state index contributed by atoms with van der Waals surface area (Å²) in [4.78, 5) is 18.1. The lowest BCUT2D eigenvalue weighted by Gasteiger charge is -2.27. The predicted octanol–water partition coefficient (Wildman–Crippen LogP) is 1.82. The molecule has 0 saturated heterocycles. The van der Waals surface area contributed by atoms with Crippen LogP contribution >= 0.6 is 0 Å². The summed E-state index contributed by atoms with van der Waals surface area (Å²) in [5.74, 6) is 1.25. The van der Waals surface area contributed by atoms with Gasteiger partial charge in [-0.05, 0) is 43.7 Å². The molecule has 116 valence electrons. The number of hydrogen-bond donors (Lipinski definition) is 3. The van der Waals surface area contributed by atoms with Gasteiger partial charge in [0.05, 0.1) is 11.9 Å². The van der Waals surface area contributed by atoms with E-state index in [0.29, 0.717) is 11.6 Å². The quantitative estimate of drug-likeness (QED) is 0.791. The molecule has 1 heterocycles. The van der Waals surface area contributed by atoms with Crippen LogP contribution in [0.4, 0.5) is 16.3 Å². The summed E-state index contributed by atoms with van der Waals surface area (Å²) in [6.45, 7) is 0.253. The molecule has 1 fully saturated rings. The van der Waals surface area contributed by atoms with E-state index >= 15 is 0 Å². The Bertz CT molecular complexity index is 453. The Hall–Kier alpha value is -1.82. The predicted molar refractivity (Wildman–Crippen MR) is 83.6 cm³/mol. The minimum atomic E-state index is -0.193. The van der Waals surface area contributed by atoms with E-state index in [1.807, 2.05) is 31.1 Å². The summed E-state index contributed by atoms with van der Waals surface area (Å²) in [7, 11) is 3.84. The topological polar surface area (TPSA) is 77.5 Å². The number of rotatable bonds is 4. The number of anilines is 2. The fourth-order valence-electron chi connectivity index (χ4n) is 2.57. The van der Waals surface area contributed by atoms with Crippen molar-refractivity contribution in [1.29, 1.82) is 0 Å². The van der Waals surface area contributed by atoms with Gasteiger partial charge in [-0.2, -0.15) is 0 Å². The molecule has 0 unspecified atom stereocenters. The van der Waals surface area contributed by atoms with Crippen molar-refractivity contribution in [3.05, 3.63) is 18.3 Å². The van der Waals surface area contributed by atoms with Crippen molar-refractivity contribution in [1.82, 2.24) is 10.3 Å². The van der Waals surface area contributed by atoms with Crippen molar-refractivity contribution in [3.63, 3.8) is 0 Å². The second-order valence-electron chi connectivity index (χ2n) is 5.80. The van der Waals surface area contributed by atoms with E-state index < -0.39 is 0 Å². The average molecular weight is 292 g/mol. The molecular weight excluding hydrogens is 268 g/mol. The smallest absolute Gasteiger partial charge is 0.319 e. The van der Waals surface area contributed by atoms with E-state index in [1.54, 1.807) is 6.20 Å². The van der Waals surface area contributed by atoms with E-state index in [9.17, 15) is 4.79 Å². The number of pyridine rings is 1. The van der Waals surface area contributed by atoms with Crippen LogP contribution in [0.3, 0.4) is 0 Å². The van der Waals surface area contributed by atoms with Gasteiger partial charge >= 0.3 is 6.03 Å². The Labute approximate surface area is 125 Å². The van der Waals surface area contributed by atoms with E-state index in [1.165, 1.54) is 0 Å². The maximum atomic E-state index is 11.9. The van der Waals surface area contributed by atoms with Crippen molar-refractivity contribution >= 4 is 17.5 Å². The van der Waals surface area contributed by atoms with Crippen LogP contribution in [0.15, 0.2) is 18.3 Å². The highest BCUT2D eigenvalue weighted by Crippen LogP contribution is 2.23. The van der Waals surface area contributed by atoms with E-state index in [-0.39, 0.29) is 18.7 Å². The summed E-state index contributed by atoms with van der Waals surface area (Å²) in [5, 5.41) is 14.9. The fraction of sp³-hybridized carbons (Fsp3) is 0.600. The van der Waals surface area contributed by atoms with Crippen molar-refractivity contribution in [2.45, 2.75) is 31.7 Å². The molecule has 2 rings (SSSR count). The molecule has 6 nitrogen and oxygen atoms in total. The number of carbonyl (C=O) groups excluding carboxylic acids is 1.